The molecule has 0 spiro atoms. The molecule has 2 rings (SSSR count). The molecule has 0 heterocycles. The predicted octanol–water partition coefficient (Wildman–Crippen LogP) is 2.96. The van der Waals surface area contributed by atoms with Gasteiger partial charge in [-0.3, -0.25) is 4.79 Å². The van der Waals surface area contributed by atoms with E-state index in [1.807, 2.05) is 31.2 Å². The van der Waals surface area contributed by atoms with Crippen LogP contribution in [-0.4, -0.2) is 39.3 Å². The summed E-state index contributed by atoms with van der Waals surface area (Å²) in [7, 11) is -0.756. The van der Waals surface area contributed by atoms with Gasteiger partial charge in [0.25, 0.3) is 0 Å². The van der Waals surface area contributed by atoms with Crippen molar-refractivity contribution in [2.75, 3.05) is 20.7 Å². The zero-order chi connectivity index (χ0) is 19.3. The Hall–Kier alpha value is -1.90. The van der Waals surface area contributed by atoms with Crippen LogP contribution in [0.3, 0.4) is 0 Å². The molecule has 0 radical (unpaired) electrons. The quantitative estimate of drug-likeness (QED) is 0.717. The summed E-state index contributed by atoms with van der Waals surface area (Å²) >= 11 is 3.27. The third-order valence-electron chi connectivity index (χ3n) is 3.88. The molecule has 0 bridgehead atoms. The van der Waals surface area contributed by atoms with Gasteiger partial charge in [-0.05, 0) is 48.9 Å². The molecule has 0 fully saturated rings. The van der Waals surface area contributed by atoms with E-state index in [1.54, 1.807) is 19.2 Å². The second-order valence-electron chi connectivity index (χ2n) is 5.78. The summed E-state index contributed by atoms with van der Waals surface area (Å²) in [5, 5.41) is 2.80. The predicted molar refractivity (Wildman–Crippen MR) is 104 cm³/mol. The van der Waals surface area contributed by atoms with Crippen LogP contribution in [0.25, 0.3) is 0 Å². The Morgan fingerprint density at radius 1 is 1.15 bits per heavy atom. The number of sulfonamides is 1. The monoisotopic (exact) mass is 440 g/mol. The fourth-order valence-corrected chi connectivity index (χ4v) is 3.73. The summed E-state index contributed by atoms with van der Waals surface area (Å²) in [5.74, 6) is 0.351. The lowest BCUT2D eigenvalue weighted by atomic mass is 10.1. The minimum Gasteiger partial charge on any atom is -0.497 e. The Morgan fingerprint density at radius 2 is 1.73 bits per heavy atom. The average Bonchev–Trinajstić information content (AvgIpc) is 2.61. The van der Waals surface area contributed by atoms with Crippen molar-refractivity contribution in [2.45, 2.75) is 17.9 Å². The van der Waals surface area contributed by atoms with Crippen molar-refractivity contribution in [1.82, 2.24) is 9.62 Å². The topological polar surface area (TPSA) is 75.7 Å². The number of halogens is 1. The number of methoxy groups -OCH3 is 1. The Bertz CT molecular complexity index is 852. The van der Waals surface area contributed by atoms with Gasteiger partial charge in [-0.1, -0.05) is 28.1 Å². The summed E-state index contributed by atoms with van der Waals surface area (Å²) < 4.78 is 32.0. The molecular formula is C18H21BrN2O4S. The van der Waals surface area contributed by atoms with Crippen LogP contribution in [0, 0.1) is 0 Å². The first-order chi connectivity index (χ1) is 12.2. The van der Waals surface area contributed by atoms with E-state index < -0.39 is 10.0 Å². The number of nitrogens with one attached hydrogen (secondary N) is 1. The summed E-state index contributed by atoms with van der Waals surface area (Å²) in [6, 6.07) is 13.3. The maximum absolute atomic E-state index is 12.5. The molecule has 0 saturated carbocycles. The van der Waals surface area contributed by atoms with E-state index >= 15 is 0 Å². The smallest absolute Gasteiger partial charge is 0.243 e. The van der Waals surface area contributed by atoms with Crippen LogP contribution >= 0.6 is 15.9 Å². The maximum atomic E-state index is 12.5. The first-order valence-corrected chi connectivity index (χ1v) is 10.1. The van der Waals surface area contributed by atoms with Crippen molar-refractivity contribution in [3.05, 3.63) is 58.6 Å². The van der Waals surface area contributed by atoms with Crippen molar-refractivity contribution in [1.29, 1.82) is 0 Å². The number of benzene rings is 2. The summed E-state index contributed by atoms with van der Waals surface area (Å²) in [4.78, 5) is 12.4. The lowest BCUT2D eigenvalue weighted by Crippen LogP contribution is -2.39. The summed E-state index contributed by atoms with van der Waals surface area (Å²) in [5.41, 5.74) is 0.901. The van der Waals surface area contributed by atoms with Crippen LogP contribution in [0.4, 0.5) is 0 Å². The van der Waals surface area contributed by atoms with Gasteiger partial charge in [0.1, 0.15) is 5.75 Å². The van der Waals surface area contributed by atoms with Crippen molar-refractivity contribution >= 4 is 31.9 Å². The second-order valence-corrected chi connectivity index (χ2v) is 8.74. The van der Waals surface area contributed by atoms with Gasteiger partial charge in [-0.15, -0.1) is 0 Å². The standard InChI is InChI=1S/C18H21BrN2O4S/c1-13(14-4-8-16(25-3)9-5-14)20-18(22)12-21(2)26(23,24)17-10-6-15(19)7-11-17/h4-11,13H,12H2,1-3H3,(H,20,22). The molecule has 1 N–H and O–H groups in total. The molecule has 26 heavy (non-hydrogen) atoms. The Morgan fingerprint density at radius 3 is 2.27 bits per heavy atom. The minimum atomic E-state index is -3.73. The summed E-state index contributed by atoms with van der Waals surface area (Å²) in [6.07, 6.45) is 0. The number of hydrogen-bond acceptors (Lipinski definition) is 4. The van der Waals surface area contributed by atoms with Gasteiger partial charge in [-0.2, -0.15) is 4.31 Å². The van der Waals surface area contributed by atoms with Crippen molar-refractivity contribution < 1.29 is 17.9 Å². The van der Waals surface area contributed by atoms with E-state index in [0.717, 1.165) is 20.1 Å². The van der Waals surface area contributed by atoms with E-state index in [9.17, 15) is 13.2 Å². The van der Waals surface area contributed by atoms with Crippen molar-refractivity contribution in [2.24, 2.45) is 0 Å². The minimum absolute atomic E-state index is 0.138. The highest BCUT2D eigenvalue weighted by molar-refractivity contribution is 9.10. The molecule has 2 aromatic rings. The molecular weight excluding hydrogens is 420 g/mol. The molecule has 1 unspecified atom stereocenters. The van der Waals surface area contributed by atoms with E-state index in [2.05, 4.69) is 21.2 Å². The normalized spacial score (nSPS) is 12.7. The maximum Gasteiger partial charge on any atom is 0.243 e. The van der Waals surface area contributed by atoms with E-state index in [0.29, 0.717) is 0 Å². The number of amides is 1. The first kappa shape index (κ1) is 20.4. The number of carbonyl (C=O) groups excluding carboxylic acids is 1. The van der Waals surface area contributed by atoms with Crippen LogP contribution < -0.4 is 10.1 Å². The van der Waals surface area contributed by atoms with Gasteiger partial charge in [0.15, 0.2) is 0 Å². The van der Waals surface area contributed by atoms with Crippen molar-refractivity contribution in [3.8, 4) is 5.75 Å². The first-order valence-electron chi connectivity index (χ1n) is 7.89. The van der Waals surface area contributed by atoms with Gasteiger partial charge in [0.05, 0.1) is 24.6 Å². The van der Waals surface area contributed by atoms with Crippen LogP contribution in [0.1, 0.15) is 18.5 Å². The lowest BCUT2D eigenvalue weighted by Gasteiger charge is -2.19. The van der Waals surface area contributed by atoms with Gasteiger partial charge in [0, 0.05) is 11.5 Å². The number of hydrogen-bond donors (Lipinski definition) is 1. The molecule has 2 aromatic carbocycles. The molecule has 1 amide bonds. The average molecular weight is 441 g/mol. The Labute approximate surface area is 162 Å². The Balaban J connectivity index is 2.00. The molecule has 1 atom stereocenters. The number of ether oxygens (including phenoxy) is 1. The summed E-state index contributed by atoms with van der Waals surface area (Å²) in [6.45, 7) is 1.57. The zero-order valence-electron chi connectivity index (χ0n) is 14.8. The second kappa shape index (κ2) is 8.66. The third kappa shape index (κ3) is 5.06. The highest BCUT2D eigenvalue weighted by Crippen LogP contribution is 2.19. The molecule has 8 heteroatoms. The van der Waals surface area contributed by atoms with Gasteiger partial charge in [0.2, 0.25) is 15.9 Å². The van der Waals surface area contributed by atoms with E-state index in [-0.39, 0.29) is 23.4 Å². The molecule has 0 aliphatic rings. The zero-order valence-corrected chi connectivity index (χ0v) is 17.2. The molecule has 0 saturated heterocycles. The molecule has 0 aromatic heterocycles. The fourth-order valence-electron chi connectivity index (χ4n) is 2.34. The number of nitrogens with zero attached hydrogens (tertiary/aromatic N) is 1. The van der Waals surface area contributed by atoms with E-state index in [4.69, 9.17) is 4.74 Å². The largest absolute Gasteiger partial charge is 0.497 e. The third-order valence-corrected chi connectivity index (χ3v) is 6.23. The Kier molecular flexibility index (Phi) is 6.80. The number of carbonyl (C=O) groups is 1. The number of likely N-dealkylation sites (N-methyl/N-ethyl adjacent to an activating group) is 1. The van der Waals surface area contributed by atoms with E-state index in [1.165, 1.54) is 19.2 Å². The van der Waals surface area contributed by atoms with Crippen molar-refractivity contribution in [3.63, 3.8) is 0 Å². The lowest BCUT2D eigenvalue weighted by molar-refractivity contribution is -0.121. The van der Waals surface area contributed by atoms with Crippen LogP contribution in [0.15, 0.2) is 57.9 Å². The van der Waals surface area contributed by atoms with Crippen LogP contribution in [-0.2, 0) is 14.8 Å². The van der Waals surface area contributed by atoms with Gasteiger partial charge < -0.3 is 10.1 Å². The van der Waals surface area contributed by atoms with Crippen LogP contribution in [0.2, 0.25) is 0 Å². The molecule has 0 aliphatic carbocycles. The highest BCUT2D eigenvalue weighted by atomic mass is 79.9. The van der Waals surface area contributed by atoms with Gasteiger partial charge >= 0.3 is 0 Å². The molecule has 6 nitrogen and oxygen atoms in total. The SMILES string of the molecule is COc1ccc(C(C)NC(=O)CN(C)S(=O)(=O)c2ccc(Br)cc2)cc1. The van der Waals surface area contributed by atoms with Crippen LogP contribution in [0.5, 0.6) is 5.75 Å². The molecule has 0 aliphatic heterocycles. The fraction of sp³-hybridized carbons (Fsp3) is 0.278. The number of rotatable bonds is 7. The molecule has 140 valence electrons. The van der Waals surface area contributed by atoms with Gasteiger partial charge in [-0.25, -0.2) is 8.42 Å². The highest BCUT2D eigenvalue weighted by Gasteiger charge is 2.23.